The van der Waals surface area contributed by atoms with Crippen molar-refractivity contribution in [1.82, 2.24) is 15.0 Å². The van der Waals surface area contributed by atoms with Crippen molar-refractivity contribution in [2.24, 2.45) is 0 Å². The Morgan fingerprint density at radius 1 is 0.489 bits per heavy atom. The van der Waals surface area contributed by atoms with Crippen molar-refractivity contribution >= 4 is 12.9 Å². The van der Waals surface area contributed by atoms with E-state index in [1.807, 2.05) is 111 Å². The Morgan fingerprint density at radius 3 is 1.47 bits per heavy atom. The zero-order valence-electron chi connectivity index (χ0n) is 26.0. The number of hydrogen-bond acceptors (Lipinski definition) is 5. The van der Waals surface area contributed by atoms with Crippen LogP contribution in [0.25, 0.3) is 56.4 Å². The summed E-state index contributed by atoms with van der Waals surface area (Å²) in [4.78, 5) is 14.9. The first-order valence-corrected chi connectivity index (χ1v) is 15.1. The van der Waals surface area contributed by atoms with Crippen molar-refractivity contribution in [3.8, 4) is 56.4 Å². The van der Waals surface area contributed by atoms with E-state index in [9.17, 15) is 5.11 Å². The molecule has 6 rings (SSSR count). The fourth-order valence-corrected chi connectivity index (χ4v) is 4.93. The van der Waals surface area contributed by atoms with E-state index in [-0.39, 0.29) is 0 Å². The second kappa shape index (κ2) is 12.6. The molecule has 0 bridgehead atoms. The van der Waals surface area contributed by atoms with Crippen LogP contribution in [-0.4, -0.2) is 38.7 Å². The van der Waals surface area contributed by atoms with Crippen LogP contribution in [0.3, 0.4) is 0 Å². The second-order valence-corrected chi connectivity index (χ2v) is 12.1. The highest BCUT2D eigenvalue weighted by Gasteiger charge is 2.35. The molecule has 0 amide bonds. The van der Waals surface area contributed by atoms with Gasteiger partial charge in [0, 0.05) is 16.7 Å². The monoisotopic (exact) mass is 588 g/mol. The van der Waals surface area contributed by atoms with Gasteiger partial charge in [-0.05, 0) is 49.9 Å². The van der Waals surface area contributed by atoms with Gasteiger partial charge >= 0.3 is 7.48 Å². The van der Waals surface area contributed by atoms with Crippen LogP contribution in [0, 0.1) is 0 Å². The number of hydrogen-bond donors (Lipinski definition) is 1. The molecule has 5 aromatic carbocycles. The van der Waals surface area contributed by atoms with Crippen molar-refractivity contribution in [2.75, 3.05) is 0 Å². The molecular formula is C39H35BN3O2. The summed E-state index contributed by atoms with van der Waals surface area (Å²) in [5.41, 5.74) is 6.01. The molecule has 1 radical (unpaired) electrons. The molecule has 0 unspecified atom stereocenters. The minimum absolute atomic E-state index is 0.600. The molecule has 1 aromatic heterocycles. The summed E-state index contributed by atoms with van der Waals surface area (Å²) < 4.78 is 6.12. The Labute approximate surface area is 265 Å². The van der Waals surface area contributed by atoms with E-state index in [0.717, 1.165) is 44.4 Å². The Hall–Kier alpha value is -4.91. The Morgan fingerprint density at radius 2 is 0.933 bits per heavy atom. The molecule has 1 heterocycles. The van der Waals surface area contributed by atoms with Crippen LogP contribution in [0.15, 0.2) is 133 Å². The third kappa shape index (κ3) is 6.63. The summed E-state index contributed by atoms with van der Waals surface area (Å²) >= 11 is 0. The fraction of sp³-hybridized carbons (Fsp3) is 0.154. The van der Waals surface area contributed by atoms with Gasteiger partial charge in [-0.3, -0.25) is 0 Å². The SMILES string of the molecule is CC(C)(O)C(C)(C)O[B]c1ccc(-c2ccccc2-c2nc(-c3ccccc3)nc(-c3ccccc3)n2)c(-c2ccccc2)c1. The largest absolute Gasteiger partial charge is 0.427 e. The molecule has 221 valence electrons. The standard InChI is InChI=1S/C39H35BN3O2/c1-38(2,44)39(3,4)45-40-30-24-25-32(34(26-30)27-16-8-5-9-17-27)31-22-14-15-23-33(31)37-42-35(28-18-10-6-11-19-28)41-36(43-37)29-20-12-7-13-21-29/h5-26,44H,1-4H3. The normalized spacial score (nSPS) is 11.8. The lowest BCUT2D eigenvalue weighted by Gasteiger charge is -2.37. The number of benzene rings is 5. The zero-order valence-corrected chi connectivity index (χ0v) is 26.0. The van der Waals surface area contributed by atoms with Crippen LogP contribution < -0.4 is 5.46 Å². The highest BCUT2D eigenvalue weighted by atomic mass is 16.5. The maximum atomic E-state index is 10.6. The third-order valence-corrected chi connectivity index (χ3v) is 8.25. The molecule has 5 nitrogen and oxygen atoms in total. The molecule has 0 aliphatic carbocycles. The first kappa shape index (κ1) is 30.1. The molecule has 0 aliphatic rings. The molecular weight excluding hydrogens is 553 g/mol. The van der Waals surface area contributed by atoms with Crippen LogP contribution in [0.1, 0.15) is 27.7 Å². The van der Waals surface area contributed by atoms with E-state index in [0.29, 0.717) is 17.5 Å². The van der Waals surface area contributed by atoms with Gasteiger partial charge in [0.25, 0.3) is 0 Å². The number of nitrogens with zero attached hydrogens (tertiary/aromatic N) is 3. The van der Waals surface area contributed by atoms with E-state index >= 15 is 0 Å². The highest BCUT2D eigenvalue weighted by molar-refractivity contribution is 6.47. The topological polar surface area (TPSA) is 68.1 Å². The van der Waals surface area contributed by atoms with Gasteiger partial charge in [-0.2, -0.15) is 0 Å². The van der Waals surface area contributed by atoms with Crippen LogP contribution in [0.2, 0.25) is 0 Å². The van der Waals surface area contributed by atoms with E-state index in [1.165, 1.54) is 0 Å². The lowest BCUT2D eigenvalue weighted by Crippen LogP contribution is -2.49. The third-order valence-electron chi connectivity index (χ3n) is 8.25. The molecule has 0 atom stereocenters. The van der Waals surface area contributed by atoms with Crippen LogP contribution >= 0.6 is 0 Å². The number of aromatic nitrogens is 3. The summed E-state index contributed by atoms with van der Waals surface area (Å²) in [6, 6.07) is 44.9. The van der Waals surface area contributed by atoms with Gasteiger partial charge in [0.15, 0.2) is 17.5 Å². The fourth-order valence-electron chi connectivity index (χ4n) is 4.93. The minimum atomic E-state index is -1.02. The summed E-state index contributed by atoms with van der Waals surface area (Å²) in [5, 5.41) is 10.6. The van der Waals surface area contributed by atoms with Crippen molar-refractivity contribution in [2.45, 2.75) is 38.9 Å². The number of aliphatic hydroxyl groups is 1. The molecule has 0 spiro atoms. The van der Waals surface area contributed by atoms with E-state index in [2.05, 4.69) is 36.4 Å². The summed E-state index contributed by atoms with van der Waals surface area (Å²) in [5.74, 6) is 1.84. The van der Waals surface area contributed by atoms with Gasteiger partial charge < -0.3 is 9.76 Å². The van der Waals surface area contributed by atoms with E-state index in [1.54, 1.807) is 21.3 Å². The van der Waals surface area contributed by atoms with Gasteiger partial charge in [0.05, 0.1) is 11.2 Å². The van der Waals surface area contributed by atoms with Crippen molar-refractivity contribution in [3.63, 3.8) is 0 Å². The Balaban J connectivity index is 1.49. The molecule has 0 aliphatic heterocycles. The Bertz CT molecular complexity index is 1850. The lowest BCUT2D eigenvalue weighted by atomic mass is 9.80. The van der Waals surface area contributed by atoms with E-state index in [4.69, 9.17) is 19.6 Å². The van der Waals surface area contributed by atoms with Gasteiger partial charge in [0.1, 0.15) is 0 Å². The lowest BCUT2D eigenvalue weighted by molar-refractivity contribution is -0.0893. The van der Waals surface area contributed by atoms with E-state index < -0.39 is 11.2 Å². The molecule has 0 saturated heterocycles. The van der Waals surface area contributed by atoms with Crippen LogP contribution in [-0.2, 0) is 4.65 Å². The first-order valence-electron chi connectivity index (χ1n) is 15.1. The summed E-state index contributed by atoms with van der Waals surface area (Å²) in [6.07, 6.45) is 0. The maximum absolute atomic E-state index is 10.6. The van der Waals surface area contributed by atoms with Crippen molar-refractivity contribution in [1.29, 1.82) is 0 Å². The molecule has 6 heteroatoms. The van der Waals surface area contributed by atoms with Crippen LogP contribution in [0.5, 0.6) is 0 Å². The van der Waals surface area contributed by atoms with Crippen molar-refractivity contribution < 1.29 is 9.76 Å². The summed E-state index contributed by atoms with van der Waals surface area (Å²) in [7, 11) is 1.73. The smallest absolute Gasteiger partial charge is 0.330 e. The first-order chi connectivity index (χ1) is 21.7. The zero-order chi connectivity index (χ0) is 31.4. The van der Waals surface area contributed by atoms with Gasteiger partial charge in [-0.15, -0.1) is 0 Å². The van der Waals surface area contributed by atoms with Gasteiger partial charge in [0.2, 0.25) is 0 Å². The second-order valence-electron chi connectivity index (χ2n) is 12.1. The maximum Gasteiger partial charge on any atom is 0.330 e. The summed E-state index contributed by atoms with van der Waals surface area (Å²) in [6.45, 7) is 7.27. The quantitative estimate of drug-likeness (QED) is 0.173. The molecule has 45 heavy (non-hydrogen) atoms. The van der Waals surface area contributed by atoms with Crippen LogP contribution in [0.4, 0.5) is 0 Å². The molecule has 0 saturated carbocycles. The Kier molecular flexibility index (Phi) is 8.44. The predicted molar refractivity (Wildman–Crippen MR) is 184 cm³/mol. The molecule has 6 aromatic rings. The average Bonchev–Trinajstić information content (AvgIpc) is 3.08. The number of rotatable bonds is 9. The predicted octanol–water partition coefficient (Wildman–Crippen LogP) is 8.02. The molecule has 1 N–H and O–H groups in total. The molecule has 0 fully saturated rings. The average molecular weight is 589 g/mol. The van der Waals surface area contributed by atoms with Gasteiger partial charge in [-0.1, -0.05) is 139 Å². The van der Waals surface area contributed by atoms with Crippen molar-refractivity contribution in [3.05, 3.63) is 133 Å². The van der Waals surface area contributed by atoms with Gasteiger partial charge in [-0.25, -0.2) is 15.0 Å². The minimum Gasteiger partial charge on any atom is -0.427 e. The highest BCUT2D eigenvalue weighted by Crippen LogP contribution is 2.37.